The maximum Gasteiger partial charge on any atom is 0.227 e. The molecule has 5 heteroatoms. The summed E-state index contributed by atoms with van der Waals surface area (Å²) in [6.45, 7) is 1.11. The first-order valence-electron chi connectivity index (χ1n) is 8.39. The van der Waals surface area contributed by atoms with Crippen molar-refractivity contribution in [3.05, 3.63) is 23.4 Å². The topological polar surface area (TPSA) is 42.2 Å². The van der Waals surface area contributed by atoms with Crippen LogP contribution < -0.4 is 0 Å². The molecule has 2 aromatic heterocycles. The molecule has 0 atom stereocenters. The maximum atomic E-state index is 5.36. The lowest BCUT2D eigenvalue weighted by molar-refractivity contribution is 0.216. The minimum Gasteiger partial charge on any atom is -0.339 e. The van der Waals surface area contributed by atoms with E-state index in [-0.39, 0.29) is 0 Å². The lowest BCUT2D eigenvalue weighted by atomic mass is 10.1. The summed E-state index contributed by atoms with van der Waals surface area (Å²) in [6, 6.07) is 4.81. The second kappa shape index (κ2) is 7.88. The molecule has 1 fully saturated rings. The Morgan fingerprint density at radius 1 is 1.27 bits per heavy atom. The van der Waals surface area contributed by atoms with Crippen molar-refractivity contribution in [1.29, 1.82) is 0 Å². The monoisotopic (exact) mass is 319 g/mol. The molecule has 120 valence electrons. The van der Waals surface area contributed by atoms with Crippen molar-refractivity contribution in [2.45, 2.75) is 57.4 Å². The number of aromatic nitrogens is 2. The van der Waals surface area contributed by atoms with Gasteiger partial charge in [0.15, 0.2) is 0 Å². The molecule has 0 radical (unpaired) electrons. The maximum absolute atomic E-state index is 5.36. The van der Waals surface area contributed by atoms with E-state index in [1.807, 2.05) is 17.5 Å². The zero-order valence-corrected chi connectivity index (χ0v) is 14.1. The van der Waals surface area contributed by atoms with Gasteiger partial charge in [0.1, 0.15) is 0 Å². The third kappa shape index (κ3) is 4.17. The van der Waals surface area contributed by atoms with Gasteiger partial charge in [-0.3, -0.25) is 0 Å². The zero-order chi connectivity index (χ0) is 15.2. The van der Waals surface area contributed by atoms with E-state index in [0.29, 0.717) is 0 Å². The van der Waals surface area contributed by atoms with Crippen LogP contribution in [0.4, 0.5) is 0 Å². The highest BCUT2D eigenvalue weighted by Gasteiger charge is 2.17. The van der Waals surface area contributed by atoms with Crippen molar-refractivity contribution >= 4 is 11.3 Å². The minimum absolute atomic E-state index is 0.724. The summed E-state index contributed by atoms with van der Waals surface area (Å²) in [6.07, 6.45) is 10.3. The van der Waals surface area contributed by atoms with E-state index >= 15 is 0 Å². The molecule has 22 heavy (non-hydrogen) atoms. The number of rotatable bonds is 6. The molecule has 1 aliphatic rings. The van der Waals surface area contributed by atoms with Gasteiger partial charge < -0.3 is 9.42 Å². The fourth-order valence-corrected chi connectivity index (χ4v) is 3.87. The van der Waals surface area contributed by atoms with Gasteiger partial charge in [0.2, 0.25) is 11.7 Å². The van der Waals surface area contributed by atoms with Crippen molar-refractivity contribution in [2.75, 3.05) is 13.6 Å². The summed E-state index contributed by atoms with van der Waals surface area (Å²) in [4.78, 5) is 8.10. The summed E-state index contributed by atoms with van der Waals surface area (Å²) < 4.78 is 5.36. The van der Waals surface area contributed by atoms with Crippen LogP contribution in [0, 0.1) is 0 Å². The van der Waals surface area contributed by atoms with Crippen LogP contribution in [-0.2, 0) is 6.42 Å². The van der Waals surface area contributed by atoms with Crippen LogP contribution in [0.3, 0.4) is 0 Å². The Balaban J connectivity index is 1.44. The Labute approximate surface area is 136 Å². The second-order valence-corrected chi connectivity index (χ2v) is 7.17. The van der Waals surface area contributed by atoms with Crippen LogP contribution in [-0.4, -0.2) is 34.7 Å². The van der Waals surface area contributed by atoms with Crippen molar-refractivity contribution in [2.24, 2.45) is 0 Å². The fraction of sp³-hybridized carbons (Fsp3) is 0.647. The first-order chi connectivity index (χ1) is 10.8. The Hall–Kier alpha value is -1.20. The number of hydrogen-bond donors (Lipinski definition) is 0. The number of aryl methyl sites for hydroxylation is 1. The molecule has 2 aromatic rings. The van der Waals surface area contributed by atoms with Gasteiger partial charge in [0.25, 0.3) is 0 Å². The fourth-order valence-electron chi connectivity index (χ4n) is 3.22. The SMILES string of the molecule is CN(CCCc1nc(-c2cccs2)no1)C1CCCCCC1. The molecular weight excluding hydrogens is 294 g/mol. The molecule has 0 aliphatic heterocycles. The molecule has 3 rings (SSSR count). The molecule has 0 N–H and O–H groups in total. The molecule has 1 saturated carbocycles. The van der Waals surface area contributed by atoms with Crippen molar-refractivity contribution in [3.8, 4) is 10.7 Å². The van der Waals surface area contributed by atoms with Gasteiger partial charge in [-0.05, 0) is 44.3 Å². The highest BCUT2D eigenvalue weighted by atomic mass is 32.1. The molecule has 2 heterocycles. The molecular formula is C17H25N3OS. The molecule has 0 spiro atoms. The lowest BCUT2D eigenvalue weighted by Crippen LogP contribution is -2.32. The predicted octanol–water partition coefficient (Wildman–Crippen LogP) is 4.39. The quantitative estimate of drug-likeness (QED) is 0.741. The predicted molar refractivity (Wildman–Crippen MR) is 90.1 cm³/mol. The van der Waals surface area contributed by atoms with Crippen LogP contribution in [0.5, 0.6) is 0 Å². The van der Waals surface area contributed by atoms with Gasteiger partial charge in [-0.25, -0.2) is 0 Å². The van der Waals surface area contributed by atoms with E-state index in [2.05, 4.69) is 22.1 Å². The summed E-state index contributed by atoms with van der Waals surface area (Å²) in [7, 11) is 2.26. The third-order valence-corrected chi connectivity index (χ3v) is 5.42. The van der Waals surface area contributed by atoms with Crippen LogP contribution in [0.25, 0.3) is 10.7 Å². The van der Waals surface area contributed by atoms with Gasteiger partial charge in [-0.2, -0.15) is 4.98 Å². The van der Waals surface area contributed by atoms with Gasteiger partial charge in [0.05, 0.1) is 4.88 Å². The Kier molecular flexibility index (Phi) is 5.62. The van der Waals surface area contributed by atoms with E-state index in [9.17, 15) is 0 Å². The van der Waals surface area contributed by atoms with Crippen LogP contribution >= 0.6 is 11.3 Å². The average Bonchev–Trinajstić information content (AvgIpc) is 3.13. The second-order valence-electron chi connectivity index (χ2n) is 6.22. The van der Waals surface area contributed by atoms with Gasteiger partial charge in [0, 0.05) is 12.5 Å². The van der Waals surface area contributed by atoms with Crippen LogP contribution in [0.1, 0.15) is 50.8 Å². The van der Waals surface area contributed by atoms with Crippen molar-refractivity contribution < 1.29 is 4.52 Å². The number of thiophene rings is 1. The summed E-state index contributed by atoms with van der Waals surface area (Å²) in [5, 5.41) is 6.10. The molecule has 0 aromatic carbocycles. The molecule has 1 aliphatic carbocycles. The lowest BCUT2D eigenvalue weighted by Gasteiger charge is -2.26. The van der Waals surface area contributed by atoms with Crippen LogP contribution in [0.15, 0.2) is 22.0 Å². The van der Waals surface area contributed by atoms with Gasteiger partial charge in [-0.1, -0.05) is 36.9 Å². The summed E-state index contributed by atoms with van der Waals surface area (Å²) >= 11 is 1.65. The zero-order valence-electron chi connectivity index (χ0n) is 13.3. The normalized spacial score (nSPS) is 17.0. The van der Waals surface area contributed by atoms with E-state index in [1.165, 1.54) is 38.5 Å². The van der Waals surface area contributed by atoms with Gasteiger partial charge in [-0.15, -0.1) is 11.3 Å². The Morgan fingerprint density at radius 2 is 2.09 bits per heavy atom. The molecule has 0 bridgehead atoms. The van der Waals surface area contributed by atoms with Crippen molar-refractivity contribution in [3.63, 3.8) is 0 Å². The Bertz CT molecular complexity index is 544. The first kappa shape index (κ1) is 15.7. The molecule has 0 unspecified atom stereocenters. The van der Waals surface area contributed by atoms with E-state index in [0.717, 1.165) is 42.0 Å². The summed E-state index contributed by atoms with van der Waals surface area (Å²) in [5.41, 5.74) is 0. The van der Waals surface area contributed by atoms with E-state index in [4.69, 9.17) is 4.52 Å². The number of nitrogens with zero attached hydrogens (tertiary/aromatic N) is 3. The average molecular weight is 319 g/mol. The highest BCUT2D eigenvalue weighted by molar-refractivity contribution is 7.13. The van der Waals surface area contributed by atoms with E-state index < -0.39 is 0 Å². The minimum atomic E-state index is 0.724. The molecule has 4 nitrogen and oxygen atoms in total. The highest BCUT2D eigenvalue weighted by Crippen LogP contribution is 2.23. The van der Waals surface area contributed by atoms with Crippen molar-refractivity contribution in [1.82, 2.24) is 15.0 Å². The smallest absolute Gasteiger partial charge is 0.227 e. The molecule has 0 saturated heterocycles. The number of hydrogen-bond acceptors (Lipinski definition) is 5. The van der Waals surface area contributed by atoms with E-state index in [1.54, 1.807) is 11.3 Å². The third-order valence-electron chi connectivity index (χ3n) is 4.56. The Morgan fingerprint density at radius 3 is 2.82 bits per heavy atom. The molecule has 0 amide bonds. The van der Waals surface area contributed by atoms with Crippen LogP contribution in [0.2, 0.25) is 0 Å². The standard InChI is InChI=1S/C17H25N3OS/c1-20(14-8-4-2-3-5-9-14)12-6-11-16-18-17(19-21-16)15-10-7-13-22-15/h7,10,13-14H,2-6,8-9,11-12H2,1H3. The first-order valence-corrected chi connectivity index (χ1v) is 9.27. The largest absolute Gasteiger partial charge is 0.339 e. The summed E-state index contributed by atoms with van der Waals surface area (Å²) in [5.74, 6) is 1.49. The van der Waals surface area contributed by atoms with Gasteiger partial charge >= 0.3 is 0 Å².